The molecule has 0 heterocycles. The van der Waals surface area contributed by atoms with Crippen LogP contribution in [0.2, 0.25) is 0 Å². The van der Waals surface area contributed by atoms with Gasteiger partial charge in [0, 0.05) is 48.7 Å². The highest BCUT2D eigenvalue weighted by Gasteiger charge is 2.34. The summed E-state index contributed by atoms with van der Waals surface area (Å²) in [6.45, 7) is 12.6. The van der Waals surface area contributed by atoms with Crippen LogP contribution in [0.15, 0.2) is 59.7 Å². The first-order valence-corrected chi connectivity index (χ1v) is 17.6. The summed E-state index contributed by atoms with van der Waals surface area (Å²) in [5.74, 6) is 0. The van der Waals surface area contributed by atoms with E-state index in [9.17, 15) is 21.0 Å². The van der Waals surface area contributed by atoms with E-state index < -0.39 is 0 Å². The maximum atomic E-state index is 10.2. The van der Waals surface area contributed by atoms with Crippen molar-refractivity contribution in [1.82, 2.24) is 0 Å². The summed E-state index contributed by atoms with van der Waals surface area (Å²) in [5.41, 5.74) is 10.8. The average Bonchev–Trinajstić information content (AvgIpc) is 3.60. The Balaban J connectivity index is 1.71. The molecule has 0 fully saturated rings. The number of hydrogen-bond acceptors (Lipinski definition) is 6. The zero-order chi connectivity index (χ0) is 34.2. The fourth-order valence-electron chi connectivity index (χ4n) is 7.04. The Kier molecular flexibility index (Phi) is 11.0. The molecule has 0 saturated heterocycles. The average molecular weight is 633 g/mol. The van der Waals surface area contributed by atoms with Crippen LogP contribution >= 0.6 is 0 Å². The molecule has 3 aromatic carbocycles. The summed E-state index contributed by atoms with van der Waals surface area (Å²) >= 11 is 0. The third-order valence-corrected chi connectivity index (χ3v) is 9.63. The molecule has 6 nitrogen and oxygen atoms in total. The van der Waals surface area contributed by atoms with E-state index in [1.165, 1.54) is 0 Å². The Morgan fingerprint density at radius 2 is 0.750 bits per heavy atom. The number of anilines is 2. The molecule has 0 amide bonds. The normalized spacial score (nSPS) is 11.8. The number of fused-ring (bicyclic) bond motifs is 6. The van der Waals surface area contributed by atoms with E-state index in [-0.39, 0.29) is 11.1 Å². The van der Waals surface area contributed by atoms with Crippen LogP contribution in [-0.4, -0.2) is 26.2 Å². The SMILES string of the molecule is CCCCN(CCCC)c1ccc2c(c1)C(=C(C#N)C#N)c1cc3c(cc1-2)C(=C(C#N)C#N)c1cc(N(CCCC)CCCC)ccc1-3. The molecule has 3 aromatic rings. The minimum Gasteiger partial charge on any atom is -0.372 e. The molecule has 48 heavy (non-hydrogen) atoms. The first-order chi connectivity index (χ1) is 23.5. The summed E-state index contributed by atoms with van der Waals surface area (Å²) < 4.78 is 0. The van der Waals surface area contributed by atoms with E-state index in [0.29, 0.717) is 11.1 Å². The van der Waals surface area contributed by atoms with Crippen molar-refractivity contribution >= 4 is 22.5 Å². The molecule has 0 aliphatic heterocycles. The molecule has 242 valence electrons. The lowest BCUT2D eigenvalue weighted by atomic mass is 9.93. The predicted molar refractivity (Wildman–Crippen MR) is 196 cm³/mol. The Labute approximate surface area is 286 Å². The molecule has 2 aliphatic carbocycles. The van der Waals surface area contributed by atoms with Gasteiger partial charge in [-0.05, 0) is 107 Å². The van der Waals surface area contributed by atoms with Crippen molar-refractivity contribution in [3.63, 3.8) is 0 Å². The fourth-order valence-corrected chi connectivity index (χ4v) is 7.04. The van der Waals surface area contributed by atoms with Crippen molar-refractivity contribution in [3.8, 4) is 46.5 Å². The lowest BCUT2D eigenvalue weighted by Crippen LogP contribution is -2.25. The number of rotatable bonds is 14. The molecule has 0 saturated carbocycles. The van der Waals surface area contributed by atoms with Gasteiger partial charge in [0.25, 0.3) is 0 Å². The highest BCUT2D eigenvalue weighted by atomic mass is 15.1. The number of benzene rings is 3. The van der Waals surface area contributed by atoms with Crippen molar-refractivity contribution < 1.29 is 0 Å². The van der Waals surface area contributed by atoms with Crippen molar-refractivity contribution in [2.24, 2.45) is 0 Å². The van der Waals surface area contributed by atoms with E-state index in [2.05, 4.69) is 110 Å². The van der Waals surface area contributed by atoms with Crippen LogP contribution in [0.25, 0.3) is 33.4 Å². The molecule has 0 aromatic heterocycles. The maximum Gasteiger partial charge on any atom is 0.138 e. The molecule has 0 N–H and O–H groups in total. The number of nitriles is 4. The highest BCUT2D eigenvalue weighted by molar-refractivity contribution is 6.11. The summed E-state index contributed by atoms with van der Waals surface area (Å²) in [6, 6.07) is 25.7. The van der Waals surface area contributed by atoms with E-state index in [0.717, 1.165) is 133 Å². The van der Waals surface area contributed by atoms with Crippen LogP contribution in [0.1, 0.15) is 101 Å². The van der Waals surface area contributed by atoms with Crippen LogP contribution < -0.4 is 9.80 Å². The van der Waals surface area contributed by atoms with Crippen LogP contribution in [-0.2, 0) is 0 Å². The molecule has 6 heteroatoms. The Bertz CT molecular complexity index is 1750. The molecule has 5 rings (SSSR count). The number of unbranched alkanes of at least 4 members (excludes halogenated alkanes) is 4. The molecular weight excluding hydrogens is 589 g/mol. The van der Waals surface area contributed by atoms with Gasteiger partial charge in [0.05, 0.1) is 0 Å². The van der Waals surface area contributed by atoms with Gasteiger partial charge in [0.15, 0.2) is 0 Å². The first-order valence-electron chi connectivity index (χ1n) is 17.6. The van der Waals surface area contributed by atoms with Gasteiger partial charge in [0.1, 0.15) is 35.4 Å². The lowest BCUT2D eigenvalue weighted by molar-refractivity contribution is 0.678. The second-order valence-corrected chi connectivity index (χ2v) is 12.7. The molecule has 0 spiro atoms. The number of nitrogens with zero attached hydrogens (tertiary/aromatic N) is 6. The van der Waals surface area contributed by atoms with E-state index in [4.69, 9.17) is 0 Å². The van der Waals surface area contributed by atoms with Gasteiger partial charge in [0.2, 0.25) is 0 Å². The van der Waals surface area contributed by atoms with Gasteiger partial charge in [-0.2, -0.15) is 21.0 Å². The van der Waals surface area contributed by atoms with Crippen LogP contribution in [0.5, 0.6) is 0 Å². The molecule has 2 aliphatic rings. The Hall–Kier alpha value is -5.30. The van der Waals surface area contributed by atoms with Gasteiger partial charge in [-0.15, -0.1) is 0 Å². The highest BCUT2D eigenvalue weighted by Crippen LogP contribution is 2.54. The smallest absolute Gasteiger partial charge is 0.138 e. The minimum atomic E-state index is 0.0855. The van der Waals surface area contributed by atoms with Gasteiger partial charge >= 0.3 is 0 Å². The summed E-state index contributed by atoms with van der Waals surface area (Å²) in [5, 5.41) is 40.6. The van der Waals surface area contributed by atoms with Crippen molar-refractivity contribution in [1.29, 1.82) is 21.0 Å². The second-order valence-electron chi connectivity index (χ2n) is 12.7. The van der Waals surface area contributed by atoms with Gasteiger partial charge < -0.3 is 9.80 Å². The fraction of sp³-hybridized carbons (Fsp3) is 0.381. The van der Waals surface area contributed by atoms with Crippen molar-refractivity contribution in [2.45, 2.75) is 79.1 Å². The molecule has 0 radical (unpaired) electrons. The standard InChI is InChI=1S/C42H44N6/c1-5-9-17-47(18-10-6-2)31-13-15-33-35-23-40-36(24-39(35)41(37(33)21-31)29(25-43)26-44)34-16-14-32(48(19-11-7-3)20-12-8-4)22-38(34)42(40)30(27-45)28-46/h13-16,21-24H,5-12,17-20H2,1-4H3. The van der Waals surface area contributed by atoms with Gasteiger partial charge in [-0.1, -0.05) is 65.5 Å². The predicted octanol–water partition coefficient (Wildman–Crippen LogP) is 10.2. The van der Waals surface area contributed by atoms with E-state index >= 15 is 0 Å². The van der Waals surface area contributed by atoms with Crippen LogP contribution in [0, 0.1) is 45.3 Å². The van der Waals surface area contributed by atoms with Gasteiger partial charge in [-0.25, -0.2) is 0 Å². The molecule has 0 atom stereocenters. The first kappa shape index (κ1) is 34.0. The largest absolute Gasteiger partial charge is 0.372 e. The molecule has 0 unspecified atom stereocenters. The lowest BCUT2D eigenvalue weighted by Gasteiger charge is -2.25. The Morgan fingerprint density at radius 3 is 1.04 bits per heavy atom. The van der Waals surface area contributed by atoms with Crippen LogP contribution in [0.3, 0.4) is 0 Å². The second kappa shape index (κ2) is 15.5. The minimum absolute atomic E-state index is 0.0855. The third kappa shape index (κ3) is 6.33. The maximum absolute atomic E-state index is 10.2. The summed E-state index contributed by atoms with van der Waals surface area (Å²) in [6.07, 6.45) is 8.75. The third-order valence-electron chi connectivity index (χ3n) is 9.63. The summed E-state index contributed by atoms with van der Waals surface area (Å²) in [7, 11) is 0. The topological polar surface area (TPSA) is 102 Å². The van der Waals surface area contributed by atoms with Gasteiger partial charge in [-0.3, -0.25) is 0 Å². The monoisotopic (exact) mass is 632 g/mol. The Morgan fingerprint density at radius 1 is 0.438 bits per heavy atom. The zero-order valence-electron chi connectivity index (χ0n) is 28.8. The van der Waals surface area contributed by atoms with Crippen molar-refractivity contribution in [2.75, 3.05) is 36.0 Å². The summed E-state index contributed by atoms with van der Waals surface area (Å²) in [4.78, 5) is 4.83. The number of allylic oxidation sites excluding steroid dienone is 2. The zero-order valence-corrected chi connectivity index (χ0v) is 28.8. The van der Waals surface area contributed by atoms with E-state index in [1.807, 2.05) is 0 Å². The molecular formula is C42H44N6. The quantitative estimate of drug-likeness (QED) is 0.113. The van der Waals surface area contributed by atoms with Crippen molar-refractivity contribution in [3.05, 3.63) is 81.9 Å². The number of hydrogen-bond donors (Lipinski definition) is 0. The molecule has 0 bridgehead atoms. The van der Waals surface area contributed by atoms with Crippen LogP contribution in [0.4, 0.5) is 11.4 Å². The van der Waals surface area contributed by atoms with E-state index in [1.54, 1.807) is 0 Å².